The summed E-state index contributed by atoms with van der Waals surface area (Å²) in [4.78, 5) is 0. The summed E-state index contributed by atoms with van der Waals surface area (Å²) in [6.07, 6.45) is -10.3. The molecule has 19 heavy (non-hydrogen) atoms. The largest absolute Gasteiger partial charge is 0.416 e. The minimum atomic E-state index is -5.17. The summed E-state index contributed by atoms with van der Waals surface area (Å²) >= 11 is 0. The molecule has 0 radical (unpaired) electrons. The van der Waals surface area contributed by atoms with Gasteiger partial charge in [-0.15, -0.1) is 0 Å². The molecule has 108 valence electrons. The molecule has 9 heteroatoms. The molecule has 0 aliphatic rings. The van der Waals surface area contributed by atoms with Gasteiger partial charge in [0.2, 0.25) is 0 Å². The van der Waals surface area contributed by atoms with Gasteiger partial charge in [0.05, 0.1) is 17.7 Å². The van der Waals surface area contributed by atoms with Gasteiger partial charge in [0.15, 0.2) is 0 Å². The first-order chi connectivity index (χ1) is 8.38. The van der Waals surface area contributed by atoms with Gasteiger partial charge in [0.1, 0.15) is 0 Å². The lowest BCUT2D eigenvalue weighted by atomic mass is 10.0. The van der Waals surface area contributed by atoms with Crippen LogP contribution in [0, 0.1) is 0 Å². The average Bonchev–Trinajstić information content (AvgIpc) is 2.26. The highest BCUT2D eigenvalue weighted by Crippen LogP contribution is 2.39. The molecule has 0 aliphatic carbocycles. The maximum Gasteiger partial charge on any atom is 0.416 e. The van der Waals surface area contributed by atoms with Gasteiger partial charge in [-0.05, 0) is 18.2 Å². The van der Waals surface area contributed by atoms with E-state index in [0.29, 0.717) is 0 Å². The summed E-state index contributed by atoms with van der Waals surface area (Å²) < 4.78 is 101. The van der Waals surface area contributed by atoms with Crippen molar-refractivity contribution in [2.24, 2.45) is 5.73 Å². The van der Waals surface area contributed by atoms with Crippen LogP contribution < -0.4 is 5.73 Å². The van der Waals surface area contributed by atoms with Crippen molar-refractivity contribution < 1.29 is 35.1 Å². The van der Waals surface area contributed by atoms with E-state index in [1.807, 2.05) is 0 Å². The molecular formula is C10H7F8N. The number of halogens is 8. The van der Waals surface area contributed by atoms with Crippen molar-refractivity contribution in [2.45, 2.75) is 18.3 Å². The molecule has 0 amide bonds. The first-order valence-corrected chi connectivity index (χ1v) is 4.76. The summed E-state index contributed by atoms with van der Waals surface area (Å²) in [6.45, 7) is -1.40. The second-order valence-corrected chi connectivity index (χ2v) is 3.70. The Balaban J connectivity index is 3.51. The molecule has 0 atom stereocenters. The molecule has 0 bridgehead atoms. The van der Waals surface area contributed by atoms with Gasteiger partial charge < -0.3 is 5.73 Å². The van der Waals surface area contributed by atoms with Gasteiger partial charge in [-0.3, -0.25) is 0 Å². The standard InChI is InChI=1S/C10H7F8N/c11-8(12,4-19)5-1-6(9(13,14)15)3-7(2-5)10(16,17)18/h1-3H,4,19H2. The second kappa shape index (κ2) is 4.62. The van der Waals surface area contributed by atoms with E-state index < -0.39 is 41.5 Å². The number of alkyl halides is 8. The highest BCUT2D eigenvalue weighted by atomic mass is 19.4. The van der Waals surface area contributed by atoms with Crippen molar-refractivity contribution in [2.75, 3.05) is 6.54 Å². The predicted molar refractivity (Wildman–Crippen MR) is 49.4 cm³/mol. The molecule has 0 aromatic heterocycles. The average molecular weight is 293 g/mol. The number of hydrogen-bond donors (Lipinski definition) is 1. The quantitative estimate of drug-likeness (QED) is 0.825. The topological polar surface area (TPSA) is 26.0 Å². The predicted octanol–water partition coefficient (Wildman–Crippen LogP) is 3.77. The molecule has 0 spiro atoms. The van der Waals surface area contributed by atoms with Crippen molar-refractivity contribution in [3.8, 4) is 0 Å². The van der Waals surface area contributed by atoms with E-state index in [0.717, 1.165) is 0 Å². The molecular weight excluding hydrogens is 286 g/mol. The Kier molecular flexibility index (Phi) is 3.81. The molecule has 0 unspecified atom stereocenters. The molecule has 1 aromatic carbocycles. The van der Waals surface area contributed by atoms with E-state index in [1.54, 1.807) is 0 Å². The first kappa shape index (κ1) is 15.7. The van der Waals surface area contributed by atoms with E-state index >= 15 is 0 Å². The van der Waals surface area contributed by atoms with Gasteiger partial charge in [0, 0.05) is 5.56 Å². The van der Waals surface area contributed by atoms with Crippen LogP contribution in [0.4, 0.5) is 35.1 Å². The molecule has 0 saturated carbocycles. The normalized spacial score (nSPS) is 13.7. The Hall–Kier alpha value is -1.38. The fraction of sp³-hybridized carbons (Fsp3) is 0.400. The maximum atomic E-state index is 13.2. The molecule has 0 aliphatic heterocycles. The van der Waals surface area contributed by atoms with Crippen LogP contribution in [-0.4, -0.2) is 6.54 Å². The Bertz CT molecular complexity index is 427. The highest BCUT2D eigenvalue weighted by Gasteiger charge is 2.40. The maximum absolute atomic E-state index is 13.2. The van der Waals surface area contributed by atoms with Crippen LogP contribution >= 0.6 is 0 Å². The summed E-state index contributed by atoms with van der Waals surface area (Å²) in [5.74, 6) is -3.97. The molecule has 1 rings (SSSR count). The molecule has 1 nitrogen and oxygen atoms in total. The zero-order valence-corrected chi connectivity index (χ0v) is 9.04. The second-order valence-electron chi connectivity index (χ2n) is 3.70. The van der Waals surface area contributed by atoms with Crippen LogP contribution in [0.2, 0.25) is 0 Å². The minimum absolute atomic E-state index is 0.0396. The fourth-order valence-electron chi connectivity index (χ4n) is 1.28. The Morgan fingerprint density at radius 3 is 1.26 bits per heavy atom. The van der Waals surface area contributed by atoms with Crippen molar-refractivity contribution >= 4 is 0 Å². The van der Waals surface area contributed by atoms with E-state index in [9.17, 15) is 35.1 Å². The number of benzene rings is 1. The molecule has 0 heterocycles. The van der Waals surface area contributed by atoms with Crippen LogP contribution in [0.15, 0.2) is 18.2 Å². The van der Waals surface area contributed by atoms with E-state index in [2.05, 4.69) is 5.73 Å². The Morgan fingerprint density at radius 2 is 1.00 bits per heavy atom. The van der Waals surface area contributed by atoms with Crippen LogP contribution in [-0.2, 0) is 18.3 Å². The van der Waals surface area contributed by atoms with Crippen LogP contribution in [0.5, 0.6) is 0 Å². The lowest BCUT2D eigenvalue weighted by Crippen LogP contribution is -2.26. The minimum Gasteiger partial charge on any atom is -0.325 e. The van der Waals surface area contributed by atoms with Crippen LogP contribution in [0.3, 0.4) is 0 Å². The Labute approximate surface area is 102 Å². The van der Waals surface area contributed by atoms with Crippen LogP contribution in [0.25, 0.3) is 0 Å². The zero-order valence-electron chi connectivity index (χ0n) is 9.04. The third kappa shape index (κ3) is 3.55. The van der Waals surface area contributed by atoms with Crippen molar-refractivity contribution in [3.63, 3.8) is 0 Å². The van der Waals surface area contributed by atoms with Crippen molar-refractivity contribution in [3.05, 3.63) is 34.9 Å². The third-order valence-corrected chi connectivity index (χ3v) is 2.27. The molecule has 2 N–H and O–H groups in total. The SMILES string of the molecule is NCC(F)(F)c1cc(C(F)(F)F)cc(C(F)(F)F)c1. The number of hydrogen-bond acceptors (Lipinski definition) is 1. The summed E-state index contributed by atoms with van der Waals surface area (Å²) in [7, 11) is 0. The van der Waals surface area contributed by atoms with Crippen molar-refractivity contribution in [1.29, 1.82) is 0 Å². The van der Waals surface area contributed by atoms with Gasteiger partial charge in [-0.2, -0.15) is 35.1 Å². The van der Waals surface area contributed by atoms with E-state index in [1.165, 1.54) is 0 Å². The van der Waals surface area contributed by atoms with Gasteiger partial charge in [-0.25, -0.2) is 0 Å². The van der Waals surface area contributed by atoms with E-state index in [4.69, 9.17) is 0 Å². The summed E-state index contributed by atoms with van der Waals surface area (Å²) in [6, 6.07) is -0.305. The fourth-order valence-corrected chi connectivity index (χ4v) is 1.28. The monoisotopic (exact) mass is 293 g/mol. The molecule has 0 saturated heterocycles. The molecule has 1 aromatic rings. The highest BCUT2D eigenvalue weighted by molar-refractivity contribution is 5.36. The van der Waals surface area contributed by atoms with Gasteiger partial charge in [-0.1, -0.05) is 0 Å². The lowest BCUT2D eigenvalue weighted by molar-refractivity contribution is -0.143. The van der Waals surface area contributed by atoms with Gasteiger partial charge in [0.25, 0.3) is 5.92 Å². The van der Waals surface area contributed by atoms with Gasteiger partial charge >= 0.3 is 12.4 Å². The smallest absolute Gasteiger partial charge is 0.325 e. The van der Waals surface area contributed by atoms with Crippen molar-refractivity contribution in [1.82, 2.24) is 0 Å². The molecule has 0 fully saturated rings. The Morgan fingerprint density at radius 1 is 0.684 bits per heavy atom. The third-order valence-electron chi connectivity index (χ3n) is 2.27. The lowest BCUT2D eigenvalue weighted by Gasteiger charge is -2.19. The first-order valence-electron chi connectivity index (χ1n) is 4.76. The number of rotatable bonds is 2. The zero-order chi connectivity index (χ0) is 15.1. The summed E-state index contributed by atoms with van der Waals surface area (Å²) in [5.41, 5.74) is -0.376. The van der Waals surface area contributed by atoms with E-state index in [-0.39, 0.29) is 18.2 Å². The summed E-state index contributed by atoms with van der Waals surface area (Å²) in [5, 5.41) is 0. The van der Waals surface area contributed by atoms with Crippen LogP contribution in [0.1, 0.15) is 16.7 Å². The number of nitrogens with two attached hydrogens (primary N) is 1.